The van der Waals surface area contributed by atoms with Gasteiger partial charge in [0.15, 0.2) is 0 Å². The van der Waals surface area contributed by atoms with Crippen molar-refractivity contribution in [2.45, 2.75) is 78.0 Å². The second kappa shape index (κ2) is 15.7. The largest absolute Gasteiger partial charge is 2.00 e. The van der Waals surface area contributed by atoms with E-state index in [0.29, 0.717) is 28.3 Å². The molecule has 0 atom stereocenters. The maximum atomic E-state index is 7.00. The van der Waals surface area contributed by atoms with E-state index >= 15 is 0 Å². The Balaban J connectivity index is 0.000000656. The maximum absolute atomic E-state index is 7.00. The molecule has 0 radical (unpaired) electrons. The molecule has 0 bridgehead atoms. The Kier molecular flexibility index (Phi) is 14.2. The monoisotopic (exact) mass is 552 g/mol. The molecule has 0 aliphatic heterocycles. The summed E-state index contributed by atoms with van der Waals surface area (Å²) < 4.78 is 0. The third-order valence-corrected chi connectivity index (χ3v) is 13.0. The van der Waals surface area contributed by atoms with Crippen LogP contribution < -0.4 is 10.6 Å². The standard InChI is InChI=1S/C24H36NP2.C6H6N.Ni/c1-17(2)26(18(3)4)23-15-11-9-13-21(23)25-22-14-10-12-16-24(22)27(19(5)6)20(7)8;7-6-4-2-1-3-5-6;/h9-20H,1-8H3;1-5,7H;/q2*-1;+2/p+2. The Morgan fingerprint density at radius 3 is 1.11 bits per heavy atom. The van der Waals surface area contributed by atoms with Crippen LogP contribution in [0.4, 0.5) is 17.1 Å². The van der Waals surface area contributed by atoms with Gasteiger partial charge in [0.25, 0.3) is 0 Å². The molecule has 0 unspecified atom stereocenters. The van der Waals surface area contributed by atoms with E-state index in [0.717, 1.165) is 0 Å². The van der Waals surface area contributed by atoms with Crippen LogP contribution in [0.25, 0.3) is 11.1 Å². The normalized spacial score (nSPS) is 11.1. The topological polar surface area (TPSA) is 37.9 Å². The van der Waals surface area contributed by atoms with Crippen molar-refractivity contribution in [1.29, 1.82) is 0 Å². The summed E-state index contributed by atoms with van der Waals surface area (Å²) in [4.78, 5) is 0. The minimum atomic E-state index is -0.655. The van der Waals surface area contributed by atoms with Crippen molar-refractivity contribution >= 4 is 43.5 Å². The maximum Gasteiger partial charge on any atom is 2.00 e. The van der Waals surface area contributed by atoms with Gasteiger partial charge in [0.1, 0.15) is 0 Å². The number of rotatable bonds is 8. The Morgan fingerprint density at radius 1 is 0.514 bits per heavy atom. The number of benzene rings is 3. The van der Waals surface area contributed by atoms with Crippen LogP contribution in [0.1, 0.15) is 55.4 Å². The van der Waals surface area contributed by atoms with Gasteiger partial charge in [0, 0.05) is 15.8 Å². The summed E-state index contributed by atoms with van der Waals surface area (Å²) in [7, 11) is -1.31. The van der Waals surface area contributed by atoms with Gasteiger partial charge < -0.3 is 11.1 Å². The van der Waals surface area contributed by atoms with Crippen LogP contribution in [0, 0.1) is 0 Å². The summed E-state index contributed by atoms with van der Waals surface area (Å²) in [5, 5.41) is 8.25. The van der Waals surface area contributed by atoms with Crippen molar-refractivity contribution in [3.63, 3.8) is 0 Å². The first-order valence-electron chi connectivity index (χ1n) is 12.5. The molecule has 2 nitrogen and oxygen atoms in total. The quantitative estimate of drug-likeness (QED) is 0.197. The molecule has 0 saturated carbocycles. The average Bonchev–Trinajstić information content (AvgIpc) is 2.76. The van der Waals surface area contributed by atoms with Gasteiger partial charge in [0.05, 0.1) is 33.2 Å². The van der Waals surface area contributed by atoms with Crippen LogP contribution >= 0.6 is 15.8 Å². The summed E-state index contributed by atoms with van der Waals surface area (Å²) in [5.74, 6) is 0. The van der Waals surface area contributed by atoms with Gasteiger partial charge in [-0.05, 0) is 67.5 Å². The van der Waals surface area contributed by atoms with Gasteiger partial charge in [0.2, 0.25) is 0 Å². The molecule has 0 spiro atoms. The molecule has 3 rings (SSSR count). The number of nitrogens with one attached hydrogen (secondary N) is 1. The molecule has 0 saturated heterocycles. The van der Waals surface area contributed by atoms with Crippen LogP contribution in [-0.4, -0.2) is 22.6 Å². The predicted octanol–water partition coefficient (Wildman–Crippen LogP) is 9.70. The van der Waals surface area contributed by atoms with Crippen molar-refractivity contribution in [3.05, 3.63) is 89.9 Å². The van der Waals surface area contributed by atoms with Gasteiger partial charge in [-0.3, -0.25) is 0 Å². The van der Waals surface area contributed by atoms with E-state index in [1.807, 2.05) is 18.2 Å². The molecule has 35 heavy (non-hydrogen) atoms. The molecular formula is C30H44N2NiP2+2. The summed E-state index contributed by atoms with van der Waals surface area (Å²) in [6.07, 6.45) is 0. The third-order valence-electron chi connectivity index (χ3n) is 5.93. The molecule has 0 fully saturated rings. The average molecular weight is 553 g/mol. The second-order valence-electron chi connectivity index (χ2n) is 10.0. The Labute approximate surface area is 227 Å². The summed E-state index contributed by atoms with van der Waals surface area (Å²) in [6, 6.07) is 26.9. The third kappa shape index (κ3) is 9.54. The molecule has 0 amide bonds. The van der Waals surface area contributed by atoms with Gasteiger partial charge in [-0.15, -0.1) is 5.69 Å². The van der Waals surface area contributed by atoms with Crippen LogP contribution in [-0.2, 0) is 16.5 Å². The fourth-order valence-electron chi connectivity index (χ4n) is 4.78. The van der Waals surface area contributed by atoms with Crippen LogP contribution in [0.15, 0.2) is 78.9 Å². The number of hydrogen-bond acceptors (Lipinski definition) is 0. The van der Waals surface area contributed by atoms with Crippen LogP contribution in [0.3, 0.4) is 0 Å². The molecular weight excluding hydrogens is 509 g/mol. The molecule has 0 heterocycles. The zero-order chi connectivity index (χ0) is 25.3. The summed E-state index contributed by atoms with van der Waals surface area (Å²) in [6.45, 7) is 19.0. The van der Waals surface area contributed by atoms with Crippen molar-refractivity contribution in [1.82, 2.24) is 0 Å². The van der Waals surface area contributed by atoms with E-state index in [9.17, 15) is 0 Å². The van der Waals surface area contributed by atoms with Gasteiger partial charge >= 0.3 is 16.5 Å². The van der Waals surface area contributed by atoms with E-state index in [4.69, 9.17) is 11.1 Å². The Hall–Kier alpha value is -1.39. The predicted molar refractivity (Wildman–Crippen MR) is 162 cm³/mol. The molecule has 5 heteroatoms. The van der Waals surface area contributed by atoms with Gasteiger partial charge in [-0.2, -0.15) is 0 Å². The van der Waals surface area contributed by atoms with E-state index in [-0.39, 0.29) is 16.5 Å². The Morgan fingerprint density at radius 2 is 0.829 bits per heavy atom. The SMILES string of the molecule is CC(C)[PH+](c1ccccc1[N-]c1ccccc1[PH+](C(C)C)C(C)C)C(C)C.[NH-]c1ccccc1.[Ni+2]. The van der Waals surface area contributed by atoms with Crippen molar-refractivity contribution < 1.29 is 16.5 Å². The van der Waals surface area contributed by atoms with E-state index in [2.05, 4.69) is 104 Å². The zero-order valence-corrected chi connectivity index (χ0v) is 25.6. The molecule has 3 aromatic rings. The van der Waals surface area contributed by atoms with E-state index < -0.39 is 15.8 Å². The smallest absolute Gasteiger partial charge is 0.699 e. The first-order valence-corrected chi connectivity index (χ1v) is 15.8. The fourth-order valence-corrected chi connectivity index (χ4v) is 11.4. The minimum Gasteiger partial charge on any atom is -0.699 e. The van der Waals surface area contributed by atoms with Gasteiger partial charge in [-0.25, -0.2) is 0 Å². The van der Waals surface area contributed by atoms with Crippen molar-refractivity contribution in [2.75, 3.05) is 0 Å². The Bertz CT molecular complexity index is 913. The molecule has 1 N–H and O–H groups in total. The van der Waals surface area contributed by atoms with Crippen LogP contribution in [0.5, 0.6) is 0 Å². The van der Waals surface area contributed by atoms with Gasteiger partial charge in [-0.1, -0.05) is 78.1 Å². The minimum absolute atomic E-state index is 0. The summed E-state index contributed by atoms with van der Waals surface area (Å²) >= 11 is 0. The fraction of sp³-hybridized carbons (Fsp3) is 0.400. The van der Waals surface area contributed by atoms with Crippen molar-refractivity contribution in [3.8, 4) is 0 Å². The number of nitrogens with zero attached hydrogens (tertiary/aromatic N) is 1. The summed E-state index contributed by atoms with van der Waals surface area (Å²) in [5.41, 5.74) is 12.8. The van der Waals surface area contributed by atoms with Crippen LogP contribution in [0.2, 0.25) is 0 Å². The first kappa shape index (κ1) is 31.6. The molecule has 0 aliphatic rings. The number of para-hydroxylation sites is 2. The molecule has 0 aliphatic carbocycles. The van der Waals surface area contributed by atoms with E-state index in [1.54, 1.807) is 12.1 Å². The first-order chi connectivity index (χ1) is 16.1. The molecule has 192 valence electrons. The second-order valence-corrected chi connectivity index (χ2v) is 17.6. The molecule has 0 aromatic heterocycles. The zero-order valence-electron chi connectivity index (χ0n) is 22.6. The van der Waals surface area contributed by atoms with Crippen molar-refractivity contribution in [2.24, 2.45) is 0 Å². The van der Waals surface area contributed by atoms with E-state index in [1.165, 1.54) is 22.0 Å². The number of hydrogen-bond donors (Lipinski definition) is 0. The molecule has 3 aromatic carbocycles.